The topological polar surface area (TPSA) is 45.2 Å². The second kappa shape index (κ2) is 7.75. The average molecular weight is 407 g/mol. The standard InChI is InChI=1S/C20H20F3N3OS/c21-20(22,23)17-2-1-3-18(25-17)28-15-6-4-14(5-7-15)19(27)24-16-12-26-10-8-13(16)9-11-26/h1-7,13,16H,8-12H2,(H,24,27)/t16-/m0/s1. The van der Waals surface area contributed by atoms with Crippen LogP contribution in [0.2, 0.25) is 0 Å². The molecule has 3 fully saturated rings. The highest BCUT2D eigenvalue weighted by atomic mass is 32.2. The predicted molar refractivity (Wildman–Crippen MR) is 100 cm³/mol. The van der Waals surface area contributed by atoms with Crippen molar-refractivity contribution in [3.05, 3.63) is 53.7 Å². The zero-order chi connectivity index (χ0) is 19.7. The number of amides is 1. The van der Waals surface area contributed by atoms with Crippen molar-refractivity contribution in [1.82, 2.24) is 15.2 Å². The van der Waals surface area contributed by atoms with Crippen LogP contribution in [0.5, 0.6) is 0 Å². The molecule has 0 radical (unpaired) electrons. The van der Waals surface area contributed by atoms with Crippen molar-refractivity contribution in [2.24, 2.45) is 5.92 Å². The van der Waals surface area contributed by atoms with Crippen molar-refractivity contribution >= 4 is 17.7 Å². The Morgan fingerprint density at radius 2 is 1.82 bits per heavy atom. The maximum Gasteiger partial charge on any atom is 0.433 e. The summed E-state index contributed by atoms with van der Waals surface area (Å²) < 4.78 is 38.3. The van der Waals surface area contributed by atoms with E-state index in [1.54, 1.807) is 24.3 Å². The van der Waals surface area contributed by atoms with Gasteiger partial charge in [-0.25, -0.2) is 4.98 Å². The fourth-order valence-corrected chi connectivity index (χ4v) is 4.61. The molecule has 148 valence electrons. The summed E-state index contributed by atoms with van der Waals surface area (Å²) in [5.74, 6) is 0.447. The number of hydrogen-bond donors (Lipinski definition) is 1. The molecular weight excluding hydrogens is 387 g/mol. The average Bonchev–Trinajstić information content (AvgIpc) is 2.69. The first-order chi connectivity index (χ1) is 13.4. The van der Waals surface area contributed by atoms with Crippen LogP contribution in [-0.2, 0) is 6.18 Å². The molecule has 0 aliphatic carbocycles. The van der Waals surface area contributed by atoms with Gasteiger partial charge in [0.25, 0.3) is 5.91 Å². The summed E-state index contributed by atoms with van der Waals surface area (Å²) in [6.07, 6.45) is -2.21. The number of carbonyl (C=O) groups excluding carboxylic acids is 1. The lowest BCUT2D eigenvalue weighted by Gasteiger charge is -2.44. The second-order valence-corrected chi connectivity index (χ2v) is 8.30. The lowest BCUT2D eigenvalue weighted by Crippen LogP contribution is -2.57. The van der Waals surface area contributed by atoms with Crippen LogP contribution in [0, 0.1) is 5.92 Å². The number of nitrogens with one attached hydrogen (secondary N) is 1. The van der Waals surface area contributed by atoms with Gasteiger partial charge in [-0.05, 0) is 68.2 Å². The third kappa shape index (κ3) is 4.33. The summed E-state index contributed by atoms with van der Waals surface area (Å²) in [6.45, 7) is 3.14. The predicted octanol–water partition coefficient (Wildman–Crippen LogP) is 4.08. The highest BCUT2D eigenvalue weighted by molar-refractivity contribution is 7.99. The number of pyridine rings is 1. The zero-order valence-corrected chi connectivity index (χ0v) is 15.9. The highest BCUT2D eigenvalue weighted by Crippen LogP contribution is 2.32. The minimum absolute atomic E-state index is 0.104. The van der Waals surface area contributed by atoms with Crippen LogP contribution in [-0.4, -0.2) is 41.5 Å². The van der Waals surface area contributed by atoms with E-state index in [0.29, 0.717) is 11.5 Å². The molecule has 1 N–H and O–H groups in total. The van der Waals surface area contributed by atoms with Gasteiger partial charge in [0.1, 0.15) is 10.7 Å². The summed E-state index contributed by atoms with van der Waals surface area (Å²) in [4.78, 5) is 19.3. The van der Waals surface area contributed by atoms with E-state index in [2.05, 4.69) is 15.2 Å². The monoisotopic (exact) mass is 407 g/mol. The summed E-state index contributed by atoms with van der Waals surface area (Å²) >= 11 is 1.13. The lowest BCUT2D eigenvalue weighted by molar-refractivity contribution is -0.141. The fourth-order valence-electron chi connectivity index (χ4n) is 3.80. The van der Waals surface area contributed by atoms with Gasteiger partial charge in [0.2, 0.25) is 0 Å². The molecule has 3 aliphatic rings. The quantitative estimate of drug-likeness (QED) is 0.830. The van der Waals surface area contributed by atoms with Gasteiger partial charge in [0.15, 0.2) is 0 Å². The number of benzene rings is 1. The van der Waals surface area contributed by atoms with Crippen molar-refractivity contribution in [2.75, 3.05) is 19.6 Å². The number of piperidine rings is 3. The SMILES string of the molecule is O=C(N[C@H]1CN2CCC1CC2)c1ccc(Sc2cccc(C(F)(F)F)n2)cc1. The van der Waals surface area contributed by atoms with Gasteiger partial charge >= 0.3 is 6.18 Å². The Morgan fingerprint density at radius 1 is 1.11 bits per heavy atom. The molecule has 1 amide bonds. The maximum atomic E-state index is 12.8. The molecule has 3 aliphatic heterocycles. The number of nitrogens with zero attached hydrogens (tertiary/aromatic N) is 2. The first kappa shape index (κ1) is 19.3. The minimum Gasteiger partial charge on any atom is -0.348 e. The first-order valence-corrected chi connectivity index (χ1v) is 10.1. The minimum atomic E-state index is -4.46. The van der Waals surface area contributed by atoms with Crippen LogP contribution in [0.1, 0.15) is 28.9 Å². The van der Waals surface area contributed by atoms with Crippen LogP contribution >= 0.6 is 11.8 Å². The van der Waals surface area contributed by atoms with E-state index in [0.717, 1.165) is 55.2 Å². The summed E-state index contributed by atoms with van der Waals surface area (Å²) in [7, 11) is 0. The first-order valence-electron chi connectivity index (χ1n) is 9.24. The summed E-state index contributed by atoms with van der Waals surface area (Å²) in [5.41, 5.74) is -0.358. The lowest BCUT2D eigenvalue weighted by atomic mass is 9.84. The Hall–Kier alpha value is -2.06. The molecule has 4 heterocycles. The number of hydrogen-bond acceptors (Lipinski definition) is 4. The van der Waals surface area contributed by atoms with Gasteiger partial charge in [-0.2, -0.15) is 13.2 Å². The van der Waals surface area contributed by atoms with Gasteiger partial charge < -0.3 is 10.2 Å². The Bertz CT molecular complexity index is 849. The normalized spacial score (nSPS) is 24.2. The smallest absolute Gasteiger partial charge is 0.348 e. The Balaban J connectivity index is 1.39. The van der Waals surface area contributed by atoms with Crippen molar-refractivity contribution in [3.8, 4) is 0 Å². The van der Waals surface area contributed by atoms with Crippen LogP contribution in [0.25, 0.3) is 0 Å². The van der Waals surface area contributed by atoms with E-state index in [1.165, 1.54) is 12.1 Å². The van der Waals surface area contributed by atoms with Gasteiger partial charge in [-0.1, -0.05) is 17.8 Å². The second-order valence-electron chi connectivity index (χ2n) is 7.20. The van der Waals surface area contributed by atoms with E-state index in [9.17, 15) is 18.0 Å². The van der Waals surface area contributed by atoms with Crippen LogP contribution < -0.4 is 5.32 Å². The van der Waals surface area contributed by atoms with E-state index in [-0.39, 0.29) is 17.0 Å². The van der Waals surface area contributed by atoms with Gasteiger partial charge in [0, 0.05) is 23.0 Å². The van der Waals surface area contributed by atoms with E-state index >= 15 is 0 Å². The molecule has 0 unspecified atom stereocenters. The van der Waals surface area contributed by atoms with Gasteiger partial charge in [0.05, 0.1) is 0 Å². The molecule has 4 nitrogen and oxygen atoms in total. The fraction of sp³-hybridized carbons (Fsp3) is 0.400. The molecule has 28 heavy (non-hydrogen) atoms. The maximum absolute atomic E-state index is 12.8. The molecule has 8 heteroatoms. The summed E-state index contributed by atoms with van der Waals surface area (Å²) in [6, 6.07) is 10.9. The van der Waals surface area contributed by atoms with Crippen molar-refractivity contribution in [2.45, 2.75) is 35.0 Å². The number of rotatable bonds is 4. The zero-order valence-electron chi connectivity index (χ0n) is 15.1. The molecule has 3 saturated heterocycles. The largest absolute Gasteiger partial charge is 0.433 e. The van der Waals surface area contributed by atoms with E-state index < -0.39 is 11.9 Å². The molecule has 1 aromatic heterocycles. The molecule has 1 atom stereocenters. The molecule has 1 aromatic carbocycles. The van der Waals surface area contributed by atoms with Crippen molar-refractivity contribution in [3.63, 3.8) is 0 Å². The molecular formula is C20H20F3N3OS. The van der Waals surface area contributed by atoms with E-state index in [4.69, 9.17) is 0 Å². The third-order valence-corrected chi connectivity index (χ3v) is 6.27. The number of aromatic nitrogens is 1. The third-order valence-electron chi connectivity index (χ3n) is 5.33. The molecule has 5 rings (SSSR count). The van der Waals surface area contributed by atoms with Crippen molar-refractivity contribution in [1.29, 1.82) is 0 Å². The van der Waals surface area contributed by atoms with E-state index in [1.807, 2.05) is 0 Å². The van der Waals surface area contributed by atoms with Crippen LogP contribution in [0.4, 0.5) is 13.2 Å². The molecule has 0 spiro atoms. The van der Waals surface area contributed by atoms with Crippen LogP contribution in [0.3, 0.4) is 0 Å². The number of halogens is 3. The van der Waals surface area contributed by atoms with Crippen molar-refractivity contribution < 1.29 is 18.0 Å². The number of alkyl halides is 3. The Labute approximate surface area is 165 Å². The Kier molecular flexibility index (Phi) is 5.33. The molecule has 0 saturated carbocycles. The van der Waals surface area contributed by atoms with Gasteiger partial charge in [-0.15, -0.1) is 0 Å². The number of carbonyl (C=O) groups is 1. The van der Waals surface area contributed by atoms with Crippen LogP contribution in [0.15, 0.2) is 52.4 Å². The molecule has 2 bridgehead atoms. The van der Waals surface area contributed by atoms with Gasteiger partial charge in [-0.3, -0.25) is 4.79 Å². The Morgan fingerprint density at radius 3 is 2.43 bits per heavy atom. The molecule has 2 aromatic rings. The number of fused-ring (bicyclic) bond motifs is 3. The summed E-state index contributed by atoms with van der Waals surface area (Å²) in [5, 5.41) is 3.40. The highest BCUT2D eigenvalue weighted by Gasteiger charge is 2.35.